The second-order valence-corrected chi connectivity index (χ2v) is 4.20. The molecule has 0 atom stereocenters. The third kappa shape index (κ3) is 3.14. The molecule has 0 aliphatic rings. The monoisotopic (exact) mass is 271 g/mol. The molecule has 2 rings (SSSR count). The fourth-order valence-corrected chi connectivity index (χ4v) is 1.88. The SMILES string of the molecule is O=C(O)Cc1ccccc1Nc1ccccc1C(=O)O. The first-order valence-corrected chi connectivity index (χ1v) is 5.97. The molecular weight excluding hydrogens is 258 g/mol. The highest BCUT2D eigenvalue weighted by molar-refractivity contribution is 5.95. The Balaban J connectivity index is 2.35. The molecule has 5 heteroatoms. The van der Waals surface area contributed by atoms with Crippen LogP contribution in [0.5, 0.6) is 0 Å². The predicted molar refractivity (Wildman–Crippen MR) is 74.5 cm³/mol. The zero-order valence-electron chi connectivity index (χ0n) is 10.5. The van der Waals surface area contributed by atoms with Gasteiger partial charge in [0.25, 0.3) is 0 Å². The summed E-state index contributed by atoms with van der Waals surface area (Å²) < 4.78 is 0. The minimum Gasteiger partial charge on any atom is -0.481 e. The molecule has 0 aliphatic carbocycles. The van der Waals surface area contributed by atoms with Gasteiger partial charge in [-0.15, -0.1) is 0 Å². The molecule has 20 heavy (non-hydrogen) atoms. The Hall–Kier alpha value is -2.82. The quantitative estimate of drug-likeness (QED) is 0.778. The topological polar surface area (TPSA) is 86.6 Å². The number of nitrogens with one attached hydrogen (secondary N) is 1. The van der Waals surface area contributed by atoms with Crippen molar-refractivity contribution in [2.24, 2.45) is 0 Å². The number of aromatic carboxylic acids is 1. The van der Waals surface area contributed by atoms with Crippen LogP contribution in [0, 0.1) is 0 Å². The average Bonchev–Trinajstić information content (AvgIpc) is 2.41. The van der Waals surface area contributed by atoms with Crippen molar-refractivity contribution in [1.82, 2.24) is 0 Å². The standard InChI is InChI=1S/C15H13NO4/c17-14(18)9-10-5-1-3-7-12(10)16-13-8-4-2-6-11(13)15(19)20/h1-8,16H,9H2,(H,17,18)(H,19,20). The van der Waals surface area contributed by atoms with Crippen molar-refractivity contribution in [2.45, 2.75) is 6.42 Å². The summed E-state index contributed by atoms with van der Waals surface area (Å²) in [5, 5.41) is 21.0. The van der Waals surface area contributed by atoms with Crippen LogP contribution in [0.25, 0.3) is 0 Å². The summed E-state index contributed by atoms with van der Waals surface area (Å²) in [4.78, 5) is 22.0. The highest BCUT2D eigenvalue weighted by Gasteiger charge is 2.11. The van der Waals surface area contributed by atoms with Gasteiger partial charge in [0.1, 0.15) is 0 Å². The van der Waals surface area contributed by atoms with Gasteiger partial charge in [-0.25, -0.2) is 4.79 Å². The highest BCUT2D eigenvalue weighted by Crippen LogP contribution is 2.24. The number of anilines is 2. The van der Waals surface area contributed by atoms with Crippen LogP contribution in [0.1, 0.15) is 15.9 Å². The van der Waals surface area contributed by atoms with Crippen molar-refractivity contribution < 1.29 is 19.8 Å². The molecule has 0 saturated heterocycles. The second kappa shape index (κ2) is 5.88. The Morgan fingerprint density at radius 1 is 0.900 bits per heavy atom. The van der Waals surface area contributed by atoms with Gasteiger partial charge in [-0.1, -0.05) is 30.3 Å². The van der Waals surface area contributed by atoms with Gasteiger partial charge in [0.05, 0.1) is 17.7 Å². The van der Waals surface area contributed by atoms with Crippen LogP contribution in [-0.4, -0.2) is 22.2 Å². The van der Waals surface area contributed by atoms with Crippen LogP contribution in [0.4, 0.5) is 11.4 Å². The third-order valence-corrected chi connectivity index (χ3v) is 2.79. The van der Waals surface area contributed by atoms with E-state index in [9.17, 15) is 9.59 Å². The lowest BCUT2D eigenvalue weighted by Gasteiger charge is -2.12. The van der Waals surface area contributed by atoms with Gasteiger partial charge in [-0.2, -0.15) is 0 Å². The maximum atomic E-state index is 11.1. The third-order valence-electron chi connectivity index (χ3n) is 2.79. The number of benzene rings is 2. The largest absolute Gasteiger partial charge is 0.481 e. The van der Waals surface area contributed by atoms with Gasteiger partial charge in [0.15, 0.2) is 0 Å². The molecule has 3 N–H and O–H groups in total. The molecule has 5 nitrogen and oxygen atoms in total. The normalized spacial score (nSPS) is 10.0. The molecule has 0 unspecified atom stereocenters. The van der Waals surface area contributed by atoms with Crippen molar-refractivity contribution in [3.63, 3.8) is 0 Å². The lowest BCUT2D eigenvalue weighted by atomic mass is 10.1. The van der Waals surface area contributed by atoms with Crippen molar-refractivity contribution in [3.8, 4) is 0 Å². The Morgan fingerprint density at radius 2 is 1.50 bits per heavy atom. The molecular formula is C15H13NO4. The van der Waals surface area contributed by atoms with E-state index in [1.165, 1.54) is 6.07 Å². The van der Waals surface area contributed by atoms with E-state index < -0.39 is 11.9 Å². The average molecular weight is 271 g/mol. The van der Waals surface area contributed by atoms with E-state index in [0.717, 1.165) is 0 Å². The number of aliphatic carboxylic acids is 1. The molecule has 0 bridgehead atoms. The highest BCUT2D eigenvalue weighted by atomic mass is 16.4. The van der Waals surface area contributed by atoms with E-state index in [4.69, 9.17) is 10.2 Å². The molecule has 0 heterocycles. The first-order chi connectivity index (χ1) is 9.58. The smallest absolute Gasteiger partial charge is 0.337 e. The zero-order valence-corrected chi connectivity index (χ0v) is 10.5. The summed E-state index contributed by atoms with van der Waals surface area (Å²) in [6.07, 6.45) is -0.127. The van der Waals surface area contributed by atoms with Crippen molar-refractivity contribution >= 4 is 23.3 Å². The molecule has 0 fully saturated rings. The van der Waals surface area contributed by atoms with E-state index in [1.807, 2.05) is 0 Å². The van der Waals surface area contributed by atoms with Crippen LogP contribution in [0.2, 0.25) is 0 Å². The Labute approximate surface area is 115 Å². The number of hydrogen-bond acceptors (Lipinski definition) is 3. The molecule has 2 aromatic carbocycles. The summed E-state index contributed by atoms with van der Waals surface area (Å²) in [6.45, 7) is 0. The summed E-state index contributed by atoms with van der Waals surface area (Å²) in [5.74, 6) is -1.98. The van der Waals surface area contributed by atoms with Crippen LogP contribution < -0.4 is 5.32 Å². The van der Waals surface area contributed by atoms with E-state index in [2.05, 4.69) is 5.32 Å². The predicted octanol–water partition coefficient (Wildman–Crippen LogP) is 2.76. The maximum absolute atomic E-state index is 11.1. The number of carbonyl (C=O) groups is 2. The molecule has 102 valence electrons. The summed E-state index contributed by atoms with van der Waals surface area (Å²) in [6, 6.07) is 13.4. The summed E-state index contributed by atoms with van der Waals surface area (Å²) >= 11 is 0. The fraction of sp³-hybridized carbons (Fsp3) is 0.0667. The minimum absolute atomic E-state index is 0.127. The van der Waals surface area contributed by atoms with Gasteiger partial charge >= 0.3 is 11.9 Å². The number of carboxylic acids is 2. The molecule has 0 radical (unpaired) electrons. The van der Waals surface area contributed by atoms with E-state index in [-0.39, 0.29) is 12.0 Å². The Bertz CT molecular complexity index is 652. The van der Waals surface area contributed by atoms with Crippen LogP contribution >= 0.6 is 0 Å². The summed E-state index contributed by atoms with van der Waals surface area (Å²) in [5.41, 5.74) is 1.75. The number of carboxylic acid groups (broad SMARTS) is 2. The lowest BCUT2D eigenvalue weighted by molar-refractivity contribution is -0.136. The number of para-hydroxylation sites is 2. The van der Waals surface area contributed by atoms with Crippen molar-refractivity contribution in [1.29, 1.82) is 0 Å². The van der Waals surface area contributed by atoms with E-state index in [0.29, 0.717) is 16.9 Å². The van der Waals surface area contributed by atoms with Crippen LogP contribution in [0.3, 0.4) is 0 Å². The van der Waals surface area contributed by atoms with Gasteiger partial charge in [0.2, 0.25) is 0 Å². The molecule has 2 aromatic rings. The zero-order chi connectivity index (χ0) is 14.5. The fourth-order valence-electron chi connectivity index (χ4n) is 1.88. The molecule has 0 amide bonds. The molecule has 0 aliphatic heterocycles. The number of rotatable bonds is 5. The Kier molecular flexibility index (Phi) is 4.00. The second-order valence-electron chi connectivity index (χ2n) is 4.20. The molecule has 0 aromatic heterocycles. The lowest BCUT2D eigenvalue weighted by Crippen LogP contribution is -2.06. The summed E-state index contributed by atoms with van der Waals surface area (Å²) in [7, 11) is 0. The molecule has 0 saturated carbocycles. The first-order valence-electron chi connectivity index (χ1n) is 5.97. The van der Waals surface area contributed by atoms with Crippen molar-refractivity contribution in [2.75, 3.05) is 5.32 Å². The minimum atomic E-state index is -1.04. The van der Waals surface area contributed by atoms with Crippen LogP contribution in [-0.2, 0) is 11.2 Å². The van der Waals surface area contributed by atoms with Gasteiger partial charge in [-0.3, -0.25) is 4.79 Å². The van der Waals surface area contributed by atoms with E-state index in [1.54, 1.807) is 42.5 Å². The number of hydrogen-bond donors (Lipinski definition) is 3. The maximum Gasteiger partial charge on any atom is 0.337 e. The van der Waals surface area contributed by atoms with Crippen LogP contribution in [0.15, 0.2) is 48.5 Å². The van der Waals surface area contributed by atoms with Gasteiger partial charge < -0.3 is 15.5 Å². The van der Waals surface area contributed by atoms with Crippen molar-refractivity contribution in [3.05, 3.63) is 59.7 Å². The first kappa shape index (κ1) is 13.6. The Morgan fingerprint density at radius 3 is 2.15 bits per heavy atom. The van der Waals surface area contributed by atoms with Gasteiger partial charge in [-0.05, 0) is 23.8 Å². The van der Waals surface area contributed by atoms with Gasteiger partial charge in [0, 0.05) is 5.69 Å². The van der Waals surface area contributed by atoms with E-state index >= 15 is 0 Å². The molecule has 0 spiro atoms.